The predicted octanol–water partition coefficient (Wildman–Crippen LogP) is 9.31. The average Bonchev–Trinajstić information content (AvgIpc) is 2.97. The van der Waals surface area contributed by atoms with E-state index in [1.165, 1.54) is 0 Å². The summed E-state index contributed by atoms with van der Waals surface area (Å²) in [5, 5.41) is 2.11. The van der Waals surface area contributed by atoms with E-state index >= 15 is 0 Å². The zero-order valence-corrected chi connectivity index (χ0v) is 23.9. The highest BCUT2D eigenvalue weighted by Gasteiger charge is 2.15. The zero-order valence-electron chi connectivity index (χ0n) is 22.1. The summed E-state index contributed by atoms with van der Waals surface area (Å²) >= 11 is 9.50. The van der Waals surface area contributed by atoms with Crippen LogP contribution in [0, 0.1) is 0 Å². The maximum atomic E-state index is 5.11. The highest BCUT2D eigenvalue weighted by molar-refractivity contribution is 7.80. The van der Waals surface area contributed by atoms with Gasteiger partial charge in [0.1, 0.15) is 0 Å². The van der Waals surface area contributed by atoms with Crippen molar-refractivity contribution in [2.45, 2.75) is 23.6 Å². The Hall–Kier alpha value is -4.26. The molecule has 0 unspecified atom stereocenters. The standard InChI is InChI=1S/C34H26N4S2/c1-21(31-29(39)17-15-23-9-7-19-35-33(23)31)37-27-13-5-3-11-25(27)26-12-4-6-14-28(26)38-22(2)32-30(40)18-16-24-10-8-20-36-34(24)32/h3-20,39-40H,1-2H3. The molecular formula is C34H26N4S2. The number of hydrogen-bond donors (Lipinski definition) is 2. The average molecular weight is 555 g/mol. The Morgan fingerprint density at radius 1 is 0.525 bits per heavy atom. The fourth-order valence-electron chi connectivity index (χ4n) is 5.05. The van der Waals surface area contributed by atoms with E-state index in [-0.39, 0.29) is 0 Å². The smallest absolute Gasteiger partial charge is 0.0803 e. The lowest BCUT2D eigenvalue weighted by atomic mass is 10.0. The SMILES string of the molecule is CC(=Nc1ccccc1-c1ccccc1N=C(C)c1c(S)ccc2cccnc12)c1c(S)ccc2cccnc12. The molecule has 0 atom stereocenters. The normalized spacial score (nSPS) is 12.3. The molecule has 0 bridgehead atoms. The molecule has 0 aliphatic carbocycles. The maximum Gasteiger partial charge on any atom is 0.0803 e. The minimum atomic E-state index is 0.844. The van der Waals surface area contributed by atoms with Gasteiger partial charge < -0.3 is 0 Å². The Labute approximate surface area is 244 Å². The number of pyridine rings is 2. The maximum absolute atomic E-state index is 5.11. The largest absolute Gasteiger partial charge is 0.256 e. The zero-order chi connectivity index (χ0) is 27.6. The van der Waals surface area contributed by atoms with Crippen LogP contribution in [0.5, 0.6) is 0 Å². The molecule has 0 saturated heterocycles. The van der Waals surface area contributed by atoms with Crippen LogP contribution < -0.4 is 0 Å². The van der Waals surface area contributed by atoms with Gasteiger partial charge in [-0.3, -0.25) is 20.0 Å². The molecule has 0 saturated carbocycles. The van der Waals surface area contributed by atoms with Crippen LogP contribution in [0.2, 0.25) is 0 Å². The van der Waals surface area contributed by atoms with Crippen LogP contribution in [0.1, 0.15) is 25.0 Å². The second-order valence-electron chi connectivity index (χ2n) is 9.50. The lowest BCUT2D eigenvalue weighted by molar-refractivity contribution is 1.34. The Morgan fingerprint density at radius 3 is 1.40 bits per heavy atom. The van der Waals surface area contributed by atoms with Crippen molar-refractivity contribution in [3.63, 3.8) is 0 Å². The van der Waals surface area contributed by atoms with Gasteiger partial charge in [-0.15, -0.1) is 25.3 Å². The molecule has 0 fully saturated rings. The van der Waals surface area contributed by atoms with Gasteiger partial charge in [-0.2, -0.15) is 0 Å². The van der Waals surface area contributed by atoms with E-state index in [1.54, 1.807) is 12.4 Å². The molecule has 0 aliphatic rings. The molecule has 6 aromatic rings. The first-order valence-electron chi connectivity index (χ1n) is 12.9. The van der Waals surface area contributed by atoms with Gasteiger partial charge in [0, 0.05) is 66.6 Å². The monoisotopic (exact) mass is 554 g/mol. The molecular weight excluding hydrogens is 529 g/mol. The van der Waals surface area contributed by atoms with Gasteiger partial charge in [-0.25, -0.2) is 0 Å². The first kappa shape index (κ1) is 26.0. The van der Waals surface area contributed by atoms with Crippen LogP contribution in [-0.4, -0.2) is 21.4 Å². The van der Waals surface area contributed by atoms with Crippen molar-refractivity contribution in [2.24, 2.45) is 9.98 Å². The number of aromatic nitrogens is 2. The van der Waals surface area contributed by atoms with Crippen molar-refractivity contribution in [3.8, 4) is 11.1 Å². The quantitative estimate of drug-likeness (QED) is 0.165. The summed E-state index contributed by atoms with van der Waals surface area (Å²) in [6, 6.07) is 32.4. The van der Waals surface area contributed by atoms with Crippen molar-refractivity contribution in [1.82, 2.24) is 9.97 Å². The second-order valence-corrected chi connectivity index (χ2v) is 10.5. The van der Waals surface area contributed by atoms with Crippen molar-refractivity contribution in [3.05, 3.63) is 121 Å². The molecule has 40 heavy (non-hydrogen) atoms. The fourth-order valence-corrected chi connectivity index (χ4v) is 5.74. The Morgan fingerprint density at radius 2 is 0.950 bits per heavy atom. The van der Waals surface area contributed by atoms with Gasteiger partial charge in [0.2, 0.25) is 0 Å². The molecule has 6 rings (SSSR count). The number of hydrogen-bond acceptors (Lipinski definition) is 6. The molecule has 6 heteroatoms. The highest BCUT2D eigenvalue weighted by atomic mass is 32.1. The van der Waals surface area contributed by atoms with Crippen LogP contribution >= 0.6 is 25.3 Å². The molecule has 0 amide bonds. The van der Waals surface area contributed by atoms with E-state index in [2.05, 4.69) is 34.2 Å². The lowest BCUT2D eigenvalue weighted by Gasteiger charge is -2.13. The van der Waals surface area contributed by atoms with Crippen molar-refractivity contribution in [2.75, 3.05) is 0 Å². The number of para-hydroxylation sites is 2. The summed E-state index contributed by atoms with van der Waals surface area (Å²) in [6.07, 6.45) is 3.61. The molecule has 194 valence electrons. The summed E-state index contributed by atoms with van der Waals surface area (Å²) in [4.78, 5) is 21.2. The van der Waals surface area contributed by atoms with Crippen molar-refractivity contribution >= 4 is 69.9 Å². The number of thiol groups is 2. The van der Waals surface area contributed by atoms with E-state index in [4.69, 9.17) is 35.2 Å². The van der Waals surface area contributed by atoms with E-state index in [1.807, 2.05) is 86.6 Å². The van der Waals surface area contributed by atoms with Crippen molar-refractivity contribution in [1.29, 1.82) is 0 Å². The molecule has 4 aromatic carbocycles. The highest BCUT2D eigenvalue weighted by Crippen LogP contribution is 2.38. The Bertz CT molecular complexity index is 1820. The second kappa shape index (κ2) is 11.1. The van der Waals surface area contributed by atoms with Crippen LogP contribution in [-0.2, 0) is 0 Å². The number of aliphatic imine (C=N–C) groups is 2. The van der Waals surface area contributed by atoms with Gasteiger partial charge >= 0.3 is 0 Å². The van der Waals surface area contributed by atoms with Gasteiger partial charge in [0.25, 0.3) is 0 Å². The van der Waals surface area contributed by atoms with Crippen molar-refractivity contribution < 1.29 is 0 Å². The van der Waals surface area contributed by atoms with Gasteiger partial charge in [0.05, 0.1) is 22.4 Å². The summed E-state index contributed by atoms with van der Waals surface area (Å²) in [5.41, 5.74) is 9.02. The first-order chi connectivity index (χ1) is 19.5. The van der Waals surface area contributed by atoms with Crippen LogP contribution in [0.4, 0.5) is 11.4 Å². The Balaban J connectivity index is 1.48. The van der Waals surface area contributed by atoms with Gasteiger partial charge in [0.15, 0.2) is 0 Å². The Kier molecular flexibility index (Phi) is 7.20. The molecule has 0 aliphatic heterocycles. The molecule has 4 nitrogen and oxygen atoms in total. The number of fused-ring (bicyclic) bond motifs is 2. The van der Waals surface area contributed by atoms with Crippen LogP contribution in [0.25, 0.3) is 32.9 Å². The summed E-state index contributed by atoms with van der Waals surface area (Å²) in [5.74, 6) is 0. The third-order valence-electron chi connectivity index (χ3n) is 6.90. The summed E-state index contributed by atoms with van der Waals surface area (Å²) in [7, 11) is 0. The predicted molar refractivity (Wildman–Crippen MR) is 174 cm³/mol. The van der Waals surface area contributed by atoms with Gasteiger partial charge in [-0.05, 0) is 50.2 Å². The first-order valence-corrected chi connectivity index (χ1v) is 13.8. The van der Waals surface area contributed by atoms with E-state index in [0.29, 0.717) is 0 Å². The van der Waals surface area contributed by atoms with E-state index in [0.717, 1.165) is 76.6 Å². The number of rotatable bonds is 5. The molecule has 2 heterocycles. The van der Waals surface area contributed by atoms with E-state index in [9.17, 15) is 0 Å². The lowest BCUT2D eigenvalue weighted by Crippen LogP contribution is -2.00. The van der Waals surface area contributed by atoms with E-state index < -0.39 is 0 Å². The number of nitrogens with zero attached hydrogens (tertiary/aromatic N) is 4. The summed E-state index contributed by atoms with van der Waals surface area (Å²) < 4.78 is 0. The molecule has 0 spiro atoms. The summed E-state index contributed by atoms with van der Waals surface area (Å²) in [6.45, 7) is 4.02. The topological polar surface area (TPSA) is 50.5 Å². The molecule has 0 radical (unpaired) electrons. The van der Waals surface area contributed by atoms with Crippen LogP contribution in [0.15, 0.2) is 129 Å². The van der Waals surface area contributed by atoms with Crippen LogP contribution in [0.3, 0.4) is 0 Å². The molecule has 0 N–H and O–H groups in total. The fraction of sp³-hybridized carbons (Fsp3) is 0.0588. The molecule has 2 aromatic heterocycles. The minimum Gasteiger partial charge on any atom is -0.256 e. The number of benzene rings is 4. The minimum absolute atomic E-state index is 0.844. The van der Waals surface area contributed by atoms with Gasteiger partial charge in [-0.1, -0.05) is 60.7 Å². The third-order valence-corrected chi connectivity index (χ3v) is 7.65. The third kappa shape index (κ3) is 4.92.